The molecule has 0 unspecified atom stereocenters. The number of sulfone groups is 1. The topological polar surface area (TPSA) is 78.6 Å². The molecule has 0 aromatic heterocycles. The molecule has 112 valence electrons. The molecule has 2 aromatic rings. The first kappa shape index (κ1) is 15.2. The molecular formula is C15H17NO4S. The molecule has 2 aromatic carbocycles. The molecule has 0 atom stereocenters. The van der Waals surface area contributed by atoms with E-state index in [1.54, 1.807) is 12.1 Å². The van der Waals surface area contributed by atoms with Crippen LogP contribution in [0.2, 0.25) is 0 Å². The first-order valence-corrected chi connectivity index (χ1v) is 8.27. The summed E-state index contributed by atoms with van der Waals surface area (Å²) in [7, 11) is -3.37. The van der Waals surface area contributed by atoms with Crippen molar-refractivity contribution in [2.24, 2.45) is 0 Å². The maximum absolute atomic E-state index is 11.6. The molecule has 0 radical (unpaired) electrons. The van der Waals surface area contributed by atoms with Crippen molar-refractivity contribution in [1.82, 2.24) is 0 Å². The van der Waals surface area contributed by atoms with Crippen LogP contribution >= 0.6 is 0 Å². The first-order valence-electron chi connectivity index (χ1n) is 6.37. The Morgan fingerprint density at radius 3 is 2.29 bits per heavy atom. The lowest BCUT2D eigenvalue weighted by Gasteiger charge is -2.12. The standard InChI is InChI=1S/C15H17NO4S/c1-21(17,18)14-9-5-8-13(15(14)16)20-11-10-19-12-6-3-2-4-7-12/h2-9H,10-11,16H2,1H3. The van der Waals surface area contributed by atoms with Gasteiger partial charge in [0.1, 0.15) is 24.7 Å². The lowest BCUT2D eigenvalue weighted by Crippen LogP contribution is -2.11. The molecule has 2 N–H and O–H groups in total. The van der Waals surface area contributed by atoms with Crippen LogP contribution in [0.1, 0.15) is 0 Å². The molecule has 2 rings (SSSR count). The summed E-state index contributed by atoms with van der Waals surface area (Å²) < 4.78 is 34.1. The second kappa shape index (κ2) is 6.49. The van der Waals surface area contributed by atoms with E-state index in [9.17, 15) is 8.42 Å². The maximum Gasteiger partial charge on any atom is 0.177 e. The third-order valence-electron chi connectivity index (χ3n) is 2.78. The highest BCUT2D eigenvalue weighted by atomic mass is 32.2. The number of rotatable bonds is 6. The molecule has 6 heteroatoms. The van der Waals surface area contributed by atoms with E-state index in [0.717, 1.165) is 12.0 Å². The summed E-state index contributed by atoms with van der Waals surface area (Å²) in [6.07, 6.45) is 1.11. The van der Waals surface area contributed by atoms with Gasteiger partial charge in [0.25, 0.3) is 0 Å². The molecule has 5 nitrogen and oxygen atoms in total. The Kier molecular flexibility index (Phi) is 4.70. The van der Waals surface area contributed by atoms with Crippen LogP contribution in [0.25, 0.3) is 0 Å². The van der Waals surface area contributed by atoms with Crippen molar-refractivity contribution in [2.75, 3.05) is 25.2 Å². The normalized spacial score (nSPS) is 11.1. The first-order chi connectivity index (χ1) is 9.98. The fourth-order valence-corrected chi connectivity index (χ4v) is 2.63. The van der Waals surface area contributed by atoms with Gasteiger partial charge < -0.3 is 15.2 Å². The molecule has 0 saturated carbocycles. The molecule has 0 aliphatic carbocycles. The average molecular weight is 307 g/mol. The number of nitrogens with two attached hydrogens (primary N) is 1. The van der Waals surface area contributed by atoms with Crippen LogP contribution in [0.3, 0.4) is 0 Å². The van der Waals surface area contributed by atoms with E-state index in [1.807, 2.05) is 30.3 Å². The van der Waals surface area contributed by atoms with Crippen LogP contribution in [0.5, 0.6) is 11.5 Å². The van der Waals surface area contributed by atoms with Gasteiger partial charge in [-0.05, 0) is 24.3 Å². The molecule has 0 heterocycles. The number of anilines is 1. The van der Waals surface area contributed by atoms with Crippen molar-refractivity contribution in [3.63, 3.8) is 0 Å². The van der Waals surface area contributed by atoms with Crippen molar-refractivity contribution < 1.29 is 17.9 Å². The molecule has 0 bridgehead atoms. The highest BCUT2D eigenvalue weighted by Crippen LogP contribution is 2.28. The Balaban J connectivity index is 1.95. The Morgan fingerprint density at radius 1 is 0.952 bits per heavy atom. The Bertz CT molecular complexity index is 699. The highest BCUT2D eigenvalue weighted by Gasteiger charge is 2.14. The summed E-state index contributed by atoms with van der Waals surface area (Å²) in [6, 6.07) is 14.0. The minimum absolute atomic E-state index is 0.0731. The van der Waals surface area contributed by atoms with E-state index in [-0.39, 0.29) is 17.2 Å². The highest BCUT2D eigenvalue weighted by molar-refractivity contribution is 7.90. The summed E-state index contributed by atoms with van der Waals surface area (Å²) in [5, 5.41) is 0. The van der Waals surface area contributed by atoms with E-state index in [1.165, 1.54) is 6.07 Å². The van der Waals surface area contributed by atoms with Gasteiger partial charge in [-0.3, -0.25) is 0 Å². The van der Waals surface area contributed by atoms with Crippen molar-refractivity contribution in [2.45, 2.75) is 4.90 Å². The fraction of sp³-hybridized carbons (Fsp3) is 0.200. The van der Waals surface area contributed by atoms with Crippen molar-refractivity contribution in [1.29, 1.82) is 0 Å². The largest absolute Gasteiger partial charge is 0.490 e. The van der Waals surface area contributed by atoms with Crippen LogP contribution in [0, 0.1) is 0 Å². The molecular weight excluding hydrogens is 290 g/mol. The smallest absolute Gasteiger partial charge is 0.177 e. The predicted molar refractivity (Wildman–Crippen MR) is 81.4 cm³/mol. The number of hydrogen-bond donors (Lipinski definition) is 1. The molecule has 0 spiro atoms. The van der Waals surface area contributed by atoms with Crippen LogP contribution < -0.4 is 15.2 Å². The molecule has 21 heavy (non-hydrogen) atoms. The van der Waals surface area contributed by atoms with Gasteiger partial charge in [-0.15, -0.1) is 0 Å². The van der Waals surface area contributed by atoms with E-state index in [0.29, 0.717) is 12.4 Å². The summed E-state index contributed by atoms with van der Waals surface area (Å²) in [6.45, 7) is 0.610. The molecule has 0 aliphatic rings. The van der Waals surface area contributed by atoms with Gasteiger partial charge in [-0.25, -0.2) is 8.42 Å². The number of para-hydroxylation sites is 2. The van der Waals surface area contributed by atoms with Crippen LogP contribution in [0.4, 0.5) is 5.69 Å². The Labute approximate surface area is 124 Å². The summed E-state index contributed by atoms with van der Waals surface area (Å²) in [5.41, 5.74) is 5.94. The monoisotopic (exact) mass is 307 g/mol. The van der Waals surface area contributed by atoms with Gasteiger partial charge in [0, 0.05) is 6.26 Å². The van der Waals surface area contributed by atoms with Gasteiger partial charge in [0.2, 0.25) is 0 Å². The van der Waals surface area contributed by atoms with Crippen molar-refractivity contribution in [3.8, 4) is 11.5 Å². The number of nitrogen functional groups attached to an aromatic ring is 1. The van der Waals surface area contributed by atoms with Gasteiger partial charge in [0.05, 0.1) is 10.6 Å². The average Bonchev–Trinajstić information content (AvgIpc) is 2.45. The second-order valence-electron chi connectivity index (χ2n) is 4.45. The zero-order chi connectivity index (χ0) is 15.3. The second-order valence-corrected chi connectivity index (χ2v) is 6.43. The van der Waals surface area contributed by atoms with E-state index >= 15 is 0 Å². The van der Waals surface area contributed by atoms with E-state index in [2.05, 4.69) is 0 Å². The fourth-order valence-electron chi connectivity index (χ4n) is 1.80. The minimum atomic E-state index is -3.37. The van der Waals surface area contributed by atoms with Gasteiger partial charge in [-0.2, -0.15) is 0 Å². The lowest BCUT2D eigenvalue weighted by molar-refractivity contribution is 0.217. The summed E-state index contributed by atoms with van der Waals surface area (Å²) in [4.78, 5) is 0.0731. The third-order valence-corrected chi connectivity index (χ3v) is 3.93. The lowest BCUT2D eigenvalue weighted by atomic mass is 10.3. The van der Waals surface area contributed by atoms with E-state index in [4.69, 9.17) is 15.2 Å². The zero-order valence-electron chi connectivity index (χ0n) is 11.7. The predicted octanol–water partition coefficient (Wildman–Crippen LogP) is 2.13. The molecule has 0 fully saturated rings. The van der Waals surface area contributed by atoms with Crippen LogP contribution in [-0.2, 0) is 9.84 Å². The quantitative estimate of drug-likeness (QED) is 0.653. The number of hydrogen-bond acceptors (Lipinski definition) is 5. The van der Waals surface area contributed by atoms with Crippen molar-refractivity contribution in [3.05, 3.63) is 48.5 Å². The molecule has 0 saturated heterocycles. The maximum atomic E-state index is 11.6. The number of benzene rings is 2. The SMILES string of the molecule is CS(=O)(=O)c1cccc(OCCOc2ccccc2)c1N. The Morgan fingerprint density at radius 2 is 1.62 bits per heavy atom. The Hall–Kier alpha value is -2.21. The number of ether oxygens (including phenoxy) is 2. The van der Waals surface area contributed by atoms with Crippen LogP contribution in [0.15, 0.2) is 53.4 Å². The van der Waals surface area contributed by atoms with Gasteiger partial charge >= 0.3 is 0 Å². The van der Waals surface area contributed by atoms with Crippen LogP contribution in [-0.4, -0.2) is 27.9 Å². The van der Waals surface area contributed by atoms with E-state index < -0.39 is 9.84 Å². The minimum Gasteiger partial charge on any atom is -0.490 e. The molecule has 0 aliphatic heterocycles. The van der Waals surface area contributed by atoms with Gasteiger partial charge in [-0.1, -0.05) is 24.3 Å². The van der Waals surface area contributed by atoms with Gasteiger partial charge in [0.15, 0.2) is 9.84 Å². The molecule has 0 amide bonds. The zero-order valence-corrected chi connectivity index (χ0v) is 12.5. The third kappa shape index (κ3) is 4.13. The summed E-state index contributed by atoms with van der Waals surface area (Å²) in [5.74, 6) is 1.09. The van der Waals surface area contributed by atoms with Crippen molar-refractivity contribution >= 4 is 15.5 Å². The summed E-state index contributed by atoms with van der Waals surface area (Å²) >= 11 is 0.